The lowest BCUT2D eigenvalue weighted by molar-refractivity contribution is -0.317. The molecule has 1 unspecified atom stereocenters. The van der Waals surface area contributed by atoms with E-state index in [0.717, 1.165) is 6.92 Å². The van der Waals surface area contributed by atoms with E-state index in [1.54, 1.807) is 0 Å². The van der Waals surface area contributed by atoms with Crippen molar-refractivity contribution in [1.29, 1.82) is 0 Å². The van der Waals surface area contributed by atoms with Crippen molar-refractivity contribution >= 4 is 7.91 Å². The van der Waals surface area contributed by atoms with E-state index in [4.69, 9.17) is 0 Å². The van der Waals surface area contributed by atoms with Gasteiger partial charge in [-0.15, -0.1) is 4.20 Å². The van der Waals surface area contributed by atoms with Gasteiger partial charge in [-0.05, 0) is 6.92 Å². The van der Waals surface area contributed by atoms with Gasteiger partial charge in [-0.25, -0.2) is 13.5 Å². The highest BCUT2D eigenvalue weighted by atomic mass is 31.2. The summed E-state index contributed by atoms with van der Waals surface area (Å²) in [4.78, 5) is 0. The van der Waals surface area contributed by atoms with Crippen molar-refractivity contribution in [2.24, 2.45) is 0 Å². The van der Waals surface area contributed by atoms with Crippen LogP contribution >= 0.6 is 7.91 Å². The zero-order chi connectivity index (χ0) is 12.3. The molecule has 0 saturated heterocycles. The Bertz CT molecular complexity index is 257. The third-order valence-corrected chi connectivity index (χ3v) is 2.11. The van der Waals surface area contributed by atoms with Gasteiger partial charge in [0, 0.05) is 0 Å². The first-order valence-corrected chi connectivity index (χ1v) is 4.98. The van der Waals surface area contributed by atoms with Gasteiger partial charge < -0.3 is 0 Å². The highest BCUT2D eigenvalue weighted by molar-refractivity contribution is 7.48. The van der Waals surface area contributed by atoms with Gasteiger partial charge in [0.2, 0.25) is 0 Å². The molecule has 0 aliphatic heterocycles. The Hall–Kier alpha value is -0.270. The average molecular weight is 260 g/mol. The van der Waals surface area contributed by atoms with Crippen LogP contribution in [0.4, 0.5) is 26.1 Å². The van der Waals surface area contributed by atoms with Crippen LogP contribution in [0.2, 0.25) is 0 Å². The number of hydrogen-bond acceptors (Lipinski definition) is 3. The molecule has 0 fully saturated rings. The first-order chi connectivity index (χ1) is 6.58. The zero-order valence-corrected chi connectivity index (χ0v) is 8.25. The van der Waals surface area contributed by atoms with Gasteiger partial charge in [0.05, 0.1) is 6.61 Å². The van der Waals surface area contributed by atoms with E-state index in [9.17, 15) is 30.7 Å². The van der Waals surface area contributed by atoms with E-state index in [1.807, 2.05) is 0 Å². The van der Waals surface area contributed by atoms with Crippen molar-refractivity contribution in [2.45, 2.75) is 19.0 Å². The van der Waals surface area contributed by atoms with Crippen LogP contribution in [0.25, 0.3) is 0 Å². The molecule has 0 N–H and O–H groups in total. The molecule has 0 saturated carbocycles. The summed E-state index contributed by atoms with van der Waals surface area (Å²) in [7, 11) is -5.82. The quantitative estimate of drug-likeness (QED) is 0.542. The molecule has 0 aromatic heterocycles. The molecule has 0 amide bonds. The van der Waals surface area contributed by atoms with Crippen LogP contribution in [0.3, 0.4) is 0 Å². The summed E-state index contributed by atoms with van der Waals surface area (Å²) in [6.07, 6.45) is -5.54. The molecule has 10 heteroatoms. The Morgan fingerprint density at radius 3 is 2.07 bits per heavy atom. The maximum Gasteiger partial charge on any atom is 0.518 e. The van der Waals surface area contributed by atoms with Gasteiger partial charge >= 0.3 is 19.9 Å². The van der Waals surface area contributed by atoms with E-state index >= 15 is 0 Å². The lowest BCUT2D eigenvalue weighted by Gasteiger charge is -2.24. The van der Waals surface area contributed by atoms with Crippen LogP contribution in [0.1, 0.15) is 6.92 Å². The molecule has 0 aliphatic rings. The minimum atomic E-state index is -5.82. The molecule has 0 bridgehead atoms. The van der Waals surface area contributed by atoms with E-state index in [0.29, 0.717) is 0 Å². The maximum atomic E-state index is 12.4. The molecule has 1 atom stereocenters. The molecule has 3 nitrogen and oxygen atoms in total. The fourth-order valence-corrected chi connectivity index (χ4v) is 1.23. The summed E-state index contributed by atoms with van der Waals surface area (Å²) in [5.41, 5.74) is 0. The SMILES string of the molecule is CCOP(=O)(F)OC(F)(F)C(F)(F)CF. The van der Waals surface area contributed by atoms with Gasteiger partial charge in [-0.1, -0.05) is 0 Å². The molecule has 0 spiro atoms. The minimum Gasteiger partial charge on any atom is -0.284 e. The highest BCUT2D eigenvalue weighted by Gasteiger charge is 2.62. The Morgan fingerprint density at radius 2 is 1.73 bits per heavy atom. The van der Waals surface area contributed by atoms with Gasteiger partial charge in [0.15, 0.2) is 6.67 Å². The molecule has 0 aromatic rings. The van der Waals surface area contributed by atoms with Gasteiger partial charge in [0.1, 0.15) is 0 Å². The second kappa shape index (κ2) is 4.71. The predicted molar refractivity (Wildman–Crippen MR) is 37.3 cm³/mol. The molecule has 0 rings (SSSR count). The van der Waals surface area contributed by atoms with Crippen molar-refractivity contribution in [3.63, 3.8) is 0 Å². The van der Waals surface area contributed by atoms with Gasteiger partial charge in [0.25, 0.3) is 0 Å². The van der Waals surface area contributed by atoms with Crippen molar-refractivity contribution in [3.05, 3.63) is 0 Å². The standard InChI is InChI=1S/C5H7F6O3P/c1-2-13-15(11,12)14-5(9,10)4(7,8)3-6/h2-3H2,1H3. The van der Waals surface area contributed by atoms with E-state index < -0.39 is 33.2 Å². The zero-order valence-electron chi connectivity index (χ0n) is 7.35. The van der Waals surface area contributed by atoms with Crippen LogP contribution in [-0.2, 0) is 13.6 Å². The molecular weight excluding hydrogens is 253 g/mol. The van der Waals surface area contributed by atoms with Gasteiger partial charge in [-0.3, -0.25) is 4.52 Å². The smallest absolute Gasteiger partial charge is 0.284 e. The summed E-state index contributed by atoms with van der Waals surface area (Å²) in [6, 6.07) is 0. The third-order valence-electron chi connectivity index (χ3n) is 1.10. The second-order valence-electron chi connectivity index (χ2n) is 2.29. The first-order valence-electron chi connectivity index (χ1n) is 3.54. The highest BCUT2D eigenvalue weighted by Crippen LogP contribution is 2.56. The molecule has 0 heterocycles. The van der Waals surface area contributed by atoms with E-state index in [2.05, 4.69) is 9.05 Å². The van der Waals surface area contributed by atoms with Crippen molar-refractivity contribution in [3.8, 4) is 0 Å². The number of rotatable bonds is 6. The fraction of sp³-hybridized carbons (Fsp3) is 1.00. The van der Waals surface area contributed by atoms with Crippen LogP contribution in [-0.4, -0.2) is 25.3 Å². The monoisotopic (exact) mass is 260 g/mol. The predicted octanol–water partition coefficient (Wildman–Crippen LogP) is 3.31. The van der Waals surface area contributed by atoms with Crippen LogP contribution < -0.4 is 0 Å². The molecular formula is C5H7F6O3P. The van der Waals surface area contributed by atoms with Gasteiger partial charge in [-0.2, -0.15) is 17.6 Å². The van der Waals surface area contributed by atoms with Crippen LogP contribution in [0, 0.1) is 0 Å². The number of alkyl halides is 5. The average Bonchev–Trinajstić information content (AvgIpc) is 2.01. The summed E-state index contributed by atoms with van der Waals surface area (Å²) >= 11 is 0. The Kier molecular flexibility index (Phi) is 4.63. The number of hydrogen-bond donors (Lipinski definition) is 0. The van der Waals surface area contributed by atoms with Crippen LogP contribution in [0.5, 0.6) is 0 Å². The normalized spacial score (nSPS) is 17.5. The van der Waals surface area contributed by atoms with Crippen molar-refractivity contribution in [1.82, 2.24) is 0 Å². The summed E-state index contributed by atoms with van der Waals surface area (Å²) in [5, 5.41) is 0. The number of halogens is 6. The first kappa shape index (κ1) is 14.7. The largest absolute Gasteiger partial charge is 0.518 e. The Balaban J connectivity index is 4.71. The minimum absolute atomic E-state index is 0.634. The summed E-state index contributed by atoms with van der Waals surface area (Å²) in [5.74, 6) is -5.27. The Labute approximate surface area is 81.0 Å². The molecule has 15 heavy (non-hydrogen) atoms. The van der Waals surface area contributed by atoms with Crippen molar-refractivity contribution in [2.75, 3.05) is 13.3 Å². The third kappa shape index (κ3) is 4.00. The lowest BCUT2D eigenvalue weighted by atomic mass is 10.3. The Morgan fingerprint density at radius 1 is 1.27 bits per heavy atom. The van der Waals surface area contributed by atoms with E-state index in [1.165, 1.54) is 0 Å². The molecule has 0 radical (unpaired) electrons. The second-order valence-corrected chi connectivity index (χ2v) is 3.60. The maximum absolute atomic E-state index is 12.4. The lowest BCUT2D eigenvalue weighted by Crippen LogP contribution is -2.43. The van der Waals surface area contributed by atoms with Crippen LogP contribution in [0.15, 0.2) is 0 Å². The molecule has 0 aromatic carbocycles. The van der Waals surface area contributed by atoms with E-state index in [-0.39, 0.29) is 0 Å². The topological polar surface area (TPSA) is 35.5 Å². The molecule has 0 aliphatic carbocycles. The fourth-order valence-electron chi connectivity index (χ4n) is 0.462. The molecule has 92 valence electrons. The summed E-state index contributed by atoms with van der Waals surface area (Å²) in [6.45, 7) is -2.35. The summed E-state index contributed by atoms with van der Waals surface area (Å²) < 4.78 is 89.3. The van der Waals surface area contributed by atoms with Crippen molar-refractivity contribution < 1.29 is 39.8 Å².